The van der Waals surface area contributed by atoms with Crippen molar-refractivity contribution in [3.8, 4) is 11.5 Å². The molecule has 0 bridgehead atoms. The van der Waals surface area contributed by atoms with E-state index in [4.69, 9.17) is 9.47 Å². The summed E-state index contributed by atoms with van der Waals surface area (Å²) in [6, 6.07) is 5.56. The Morgan fingerprint density at radius 1 is 1.15 bits per heavy atom. The maximum atomic E-state index is 13.6. The maximum Gasteiger partial charge on any atom is 0.404 e. The van der Waals surface area contributed by atoms with E-state index in [1.807, 2.05) is 18.2 Å². The molecular formula is C27H40N2O5. The molecule has 2 aromatic rings. The van der Waals surface area contributed by atoms with E-state index >= 15 is 0 Å². The zero-order valence-electron chi connectivity index (χ0n) is 21.1. The summed E-state index contributed by atoms with van der Waals surface area (Å²) >= 11 is 0. The zero-order chi connectivity index (χ0) is 24.7. The molecular weight excluding hydrogens is 432 g/mol. The third-order valence-electron chi connectivity index (χ3n) is 6.29. The topological polar surface area (TPSA) is 89.8 Å². The van der Waals surface area contributed by atoms with Gasteiger partial charge in [0.1, 0.15) is 11.5 Å². The molecule has 2 N–H and O–H groups in total. The number of rotatable bonds is 10. The highest BCUT2D eigenvalue weighted by atomic mass is 16.5. The number of amides is 1. The van der Waals surface area contributed by atoms with Gasteiger partial charge in [0.05, 0.1) is 30.8 Å². The summed E-state index contributed by atoms with van der Waals surface area (Å²) in [6.45, 7) is 9.85. The number of ether oxygens (including phenoxy) is 2. The molecule has 7 nitrogen and oxygen atoms in total. The fraction of sp³-hybridized carbons (Fsp3) is 0.630. The van der Waals surface area contributed by atoms with Crippen molar-refractivity contribution >= 4 is 16.9 Å². The number of benzene rings is 1. The third kappa shape index (κ3) is 6.90. The Bertz CT molecular complexity index is 1030. The fourth-order valence-electron chi connectivity index (χ4n) is 4.56. The number of carboxylic acid groups (broad SMARTS) is 1. The Morgan fingerprint density at radius 2 is 1.88 bits per heavy atom. The van der Waals surface area contributed by atoms with E-state index in [1.54, 1.807) is 4.57 Å². The van der Waals surface area contributed by atoms with Crippen molar-refractivity contribution in [1.29, 1.82) is 0 Å². The van der Waals surface area contributed by atoms with Crippen LogP contribution in [0.15, 0.2) is 23.0 Å². The summed E-state index contributed by atoms with van der Waals surface area (Å²) in [5.74, 6) is 1.84. The van der Waals surface area contributed by atoms with E-state index in [0.29, 0.717) is 53.6 Å². The molecule has 0 radical (unpaired) electrons. The number of unbranched alkanes of at least 4 members (excludes halogenated alkanes) is 1. The quantitative estimate of drug-likeness (QED) is 0.417. The van der Waals surface area contributed by atoms with Gasteiger partial charge in [0.2, 0.25) is 0 Å². The van der Waals surface area contributed by atoms with Gasteiger partial charge in [-0.2, -0.15) is 0 Å². The lowest BCUT2D eigenvalue weighted by Gasteiger charge is -2.26. The second-order valence-electron chi connectivity index (χ2n) is 10.6. The second-order valence-corrected chi connectivity index (χ2v) is 10.6. The predicted molar refractivity (Wildman–Crippen MR) is 135 cm³/mol. The molecule has 1 aliphatic carbocycles. The third-order valence-corrected chi connectivity index (χ3v) is 6.29. The van der Waals surface area contributed by atoms with Crippen LogP contribution in [0, 0.1) is 11.3 Å². The van der Waals surface area contributed by atoms with Crippen LogP contribution in [0.1, 0.15) is 78.3 Å². The van der Waals surface area contributed by atoms with Gasteiger partial charge in [-0.05, 0) is 48.8 Å². The molecule has 1 fully saturated rings. The minimum Gasteiger partial charge on any atom is -0.493 e. The fourth-order valence-corrected chi connectivity index (χ4v) is 4.56. The molecule has 3 rings (SSSR count). The molecule has 0 saturated heterocycles. The van der Waals surface area contributed by atoms with E-state index in [9.17, 15) is 14.7 Å². The summed E-state index contributed by atoms with van der Waals surface area (Å²) in [6.07, 6.45) is 6.91. The molecule has 188 valence electrons. The molecule has 0 atom stereocenters. The summed E-state index contributed by atoms with van der Waals surface area (Å²) in [5, 5.41) is 12.9. The van der Waals surface area contributed by atoms with Crippen LogP contribution in [0.4, 0.5) is 4.79 Å². The largest absolute Gasteiger partial charge is 0.493 e. The smallest absolute Gasteiger partial charge is 0.404 e. The summed E-state index contributed by atoms with van der Waals surface area (Å²) in [5.41, 5.74) is 0.225. The summed E-state index contributed by atoms with van der Waals surface area (Å²) < 4.78 is 14.1. The number of aromatic nitrogens is 1. The zero-order valence-corrected chi connectivity index (χ0v) is 21.1. The molecule has 7 heteroatoms. The second kappa shape index (κ2) is 11.6. The highest BCUT2D eigenvalue weighted by molar-refractivity contribution is 5.89. The molecule has 1 amide bonds. The van der Waals surface area contributed by atoms with E-state index in [2.05, 4.69) is 33.0 Å². The molecule has 1 aromatic carbocycles. The van der Waals surface area contributed by atoms with Crippen LogP contribution in [0.5, 0.6) is 11.5 Å². The number of hydrogen-bond acceptors (Lipinski definition) is 4. The maximum absolute atomic E-state index is 13.6. The first-order valence-corrected chi connectivity index (χ1v) is 12.6. The van der Waals surface area contributed by atoms with Crippen LogP contribution < -0.4 is 20.3 Å². The summed E-state index contributed by atoms with van der Waals surface area (Å²) in [4.78, 5) is 24.9. The van der Waals surface area contributed by atoms with Gasteiger partial charge in [-0.1, -0.05) is 53.4 Å². The van der Waals surface area contributed by atoms with Crippen LogP contribution >= 0.6 is 0 Å². The minimum atomic E-state index is -1.14. The molecule has 1 aliphatic rings. The van der Waals surface area contributed by atoms with Crippen molar-refractivity contribution in [2.45, 2.75) is 85.7 Å². The Labute approximate surface area is 202 Å². The SMILES string of the molecule is CCCCOc1c(CNC(=O)O)n(CC(C)(C)C)c(=O)c2ccc(OCC3CCCCC3)cc12. The van der Waals surface area contributed by atoms with Gasteiger partial charge in [-0.3, -0.25) is 4.79 Å². The van der Waals surface area contributed by atoms with Crippen LogP contribution in [-0.4, -0.2) is 29.0 Å². The van der Waals surface area contributed by atoms with Crippen molar-refractivity contribution in [1.82, 2.24) is 9.88 Å². The minimum absolute atomic E-state index is 0.00872. The van der Waals surface area contributed by atoms with Crippen LogP contribution in [0.25, 0.3) is 10.8 Å². The number of nitrogens with zero attached hydrogens (tertiary/aromatic N) is 1. The molecule has 0 unspecified atom stereocenters. The van der Waals surface area contributed by atoms with Gasteiger partial charge in [-0.15, -0.1) is 0 Å². The Morgan fingerprint density at radius 3 is 2.53 bits per heavy atom. The molecule has 0 spiro atoms. The van der Waals surface area contributed by atoms with Gasteiger partial charge in [0.25, 0.3) is 5.56 Å². The molecule has 1 heterocycles. The average Bonchev–Trinajstić information content (AvgIpc) is 2.79. The van der Waals surface area contributed by atoms with Crippen molar-refractivity contribution in [3.05, 3.63) is 34.2 Å². The Balaban J connectivity index is 2.07. The first kappa shape index (κ1) is 25.9. The van der Waals surface area contributed by atoms with Crippen molar-refractivity contribution < 1.29 is 19.4 Å². The molecule has 1 saturated carbocycles. The highest BCUT2D eigenvalue weighted by Gasteiger charge is 2.23. The number of carbonyl (C=O) groups is 1. The van der Waals surface area contributed by atoms with Gasteiger partial charge >= 0.3 is 6.09 Å². The number of fused-ring (bicyclic) bond motifs is 1. The first-order chi connectivity index (χ1) is 16.2. The highest BCUT2D eigenvalue weighted by Crippen LogP contribution is 2.33. The van der Waals surface area contributed by atoms with Gasteiger partial charge in [-0.25, -0.2) is 4.79 Å². The van der Waals surface area contributed by atoms with Gasteiger partial charge in [0.15, 0.2) is 0 Å². The van der Waals surface area contributed by atoms with Crippen molar-refractivity contribution in [2.24, 2.45) is 11.3 Å². The van der Waals surface area contributed by atoms with Crippen molar-refractivity contribution in [2.75, 3.05) is 13.2 Å². The number of pyridine rings is 1. The lowest BCUT2D eigenvalue weighted by molar-refractivity contribution is 0.193. The normalized spacial score (nSPS) is 14.8. The summed E-state index contributed by atoms with van der Waals surface area (Å²) in [7, 11) is 0. The standard InChI is InChI=1S/C27H40N2O5/c1-5-6-14-33-24-22-15-20(34-17-19-10-8-7-9-11-19)12-13-21(22)25(30)29(18-27(2,3)4)23(24)16-28-26(31)32/h12-13,15,19,28H,5-11,14,16-18H2,1-4H3,(H,31,32). The predicted octanol–water partition coefficient (Wildman–Crippen LogP) is 5.95. The van der Waals surface area contributed by atoms with Gasteiger partial charge in [0, 0.05) is 11.9 Å². The lowest BCUT2D eigenvalue weighted by Crippen LogP contribution is -2.33. The van der Waals surface area contributed by atoms with E-state index < -0.39 is 6.09 Å². The van der Waals surface area contributed by atoms with E-state index in [0.717, 1.165) is 12.8 Å². The Hall–Kier alpha value is -2.70. The van der Waals surface area contributed by atoms with Crippen LogP contribution in [0.2, 0.25) is 0 Å². The Kier molecular flexibility index (Phi) is 8.86. The van der Waals surface area contributed by atoms with Crippen molar-refractivity contribution in [3.63, 3.8) is 0 Å². The molecule has 1 aromatic heterocycles. The average molecular weight is 473 g/mol. The van der Waals surface area contributed by atoms with Crippen LogP contribution in [-0.2, 0) is 13.1 Å². The van der Waals surface area contributed by atoms with E-state index in [-0.39, 0.29) is 17.5 Å². The first-order valence-electron chi connectivity index (χ1n) is 12.6. The molecule has 34 heavy (non-hydrogen) atoms. The van der Waals surface area contributed by atoms with Gasteiger partial charge < -0.3 is 24.5 Å². The molecule has 0 aliphatic heterocycles. The lowest BCUT2D eigenvalue weighted by atomic mass is 9.90. The number of hydrogen-bond donors (Lipinski definition) is 2. The number of nitrogens with one attached hydrogen (secondary N) is 1. The van der Waals surface area contributed by atoms with E-state index in [1.165, 1.54) is 32.1 Å². The van der Waals surface area contributed by atoms with Crippen LogP contribution in [0.3, 0.4) is 0 Å². The monoisotopic (exact) mass is 472 g/mol.